The maximum atomic E-state index is 12.4. The third-order valence-electron chi connectivity index (χ3n) is 3.43. The van der Waals surface area contributed by atoms with Crippen molar-refractivity contribution in [1.82, 2.24) is 20.1 Å². The van der Waals surface area contributed by atoms with Gasteiger partial charge >= 0.3 is 5.69 Å². The number of thiophene rings is 1. The van der Waals surface area contributed by atoms with Crippen LogP contribution in [0.1, 0.15) is 34.3 Å². The number of piperidine rings is 1. The van der Waals surface area contributed by atoms with E-state index in [4.69, 9.17) is 11.6 Å². The van der Waals surface area contributed by atoms with Gasteiger partial charge in [0.15, 0.2) is 0 Å². The summed E-state index contributed by atoms with van der Waals surface area (Å²) < 4.78 is 0. The van der Waals surface area contributed by atoms with E-state index in [-0.39, 0.29) is 17.5 Å². The summed E-state index contributed by atoms with van der Waals surface area (Å²) in [6, 6.07) is 1.73. The number of rotatable bonds is 2. The quantitative estimate of drug-likeness (QED) is 0.887. The summed E-state index contributed by atoms with van der Waals surface area (Å²) >= 11 is 7.36. The highest BCUT2D eigenvalue weighted by atomic mass is 35.5. The van der Waals surface area contributed by atoms with Crippen LogP contribution in [-0.4, -0.2) is 39.1 Å². The third kappa shape index (κ3) is 2.51. The molecule has 1 aliphatic rings. The number of carbonyl (C=O) groups excluding carboxylic acids is 1. The lowest BCUT2D eigenvalue weighted by molar-refractivity contribution is 0.0709. The predicted octanol–water partition coefficient (Wildman–Crippen LogP) is 1.83. The van der Waals surface area contributed by atoms with E-state index in [1.165, 1.54) is 11.3 Å². The van der Waals surface area contributed by atoms with E-state index >= 15 is 0 Å². The maximum absolute atomic E-state index is 12.4. The summed E-state index contributed by atoms with van der Waals surface area (Å²) in [5.41, 5.74) is -0.315. The molecule has 1 unspecified atom stereocenters. The second-order valence-corrected chi connectivity index (χ2v) is 6.07. The van der Waals surface area contributed by atoms with Gasteiger partial charge in [-0.3, -0.25) is 9.78 Å². The van der Waals surface area contributed by atoms with Gasteiger partial charge in [-0.15, -0.1) is 11.3 Å². The van der Waals surface area contributed by atoms with Gasteiger partial charge in [0.05, 0.1) is 5.02 Å². The van der Waals surface area contributed by atoms with Crippen molar-refractivity contribution in [2.24, 2.45) is 0 Å². The molecule has 2 N–H and O–H groups in total. The summed E-state index contributed by atoms with van der Waals surface area (Å²) in [7, 11) is 0. The van der Waals surface area contributed by atoms with Gasteiger partial charge < -0.3 is 4.90 Å². The minimum absolute atomic E-state index is 0.0485. The molecule has 8 heteroatoms. The van der Waals surface area contributed by atoms with Gasteiger partial charge in [0.25, 0.3) is 5.91 Å². The normalized spacial score (nSPS) is 19.2. The summed E-state index contributed by atoms with van der Waals surface area (Å²) in [6.45, 7) is 1.26. The highest BCUT2D eigenvalue weighted by molar-refractivity contribution is 7.12. The SMILES string of the molecule is O=C(c1sccc1Cl)N1CCCC(c2n[nH]c(=O)[nH]2)C1. The van der Waals surface area contributed by atoms with Gasteiger partial charge in [-0.25, -0.2) is 9.89 Å². The summed E-state index contributed by atoms with van der Waals surface area (Å²) in [4.78, 5) is 28.5. The number of aromatic amines is 2. The zero-order valence-corrected chi connectivity index (χ0v) is 12.1. The van der Waals surface area contributed by atoms with E-state index in [0.29, 0.717) is 28.8 Å². The molecule has 0 radical (unpaired) electrons. The molecule has 6 nitrogen and oxygen atoms in total. The summed E-state index contributed by atoms with van der Waals surface area (Å²) in [6.07, 6.45) is 1.79. The van der Waals surface area contributed by atoms with Crippen LogP contribution in [0.3, 0.4) is 0 Å². The van der Waals surface area contributed by atoms with E-state index in [1.54, 1.807) is 11.0 Å². The van der Waals surface area contributed by atoms with Gasteiger partial charge in [0, 0.05) is 19.0 Å². The number of hydrogen-bond donors (Lipinski definition) is 2. The molecular weight excluding hydrogens is 300 g/mol. The Bertz CT molecular complexity index is 677. The van der Waals surface area contributed by atoms with E-state index in [0.717, 1.165) is 12.8 Å². The first-order valence-corrected chi connectivity index (χ1v) is 7.58. The van der Waals surface area contributed by atoms with E-state index in [2.05, 4.69) is 15.2 Å². The Labute approximate surface area is 123 Å². The molecule has 1 saturated heterocycles. The molecule has 1 fully saturated rings. The zero-order chi connectivity index (χ0) is 14.1. The van der Waals surface area contributed by atoms with Crippen LogP contribution < -0.4 is 5.69 Å². The van der Waals surface area contributed by atoms with Gasteiger partial charge in [-0.1, -0.05) is 11.6 Å². The van der Waals surface area contributed by atoms with Crippen molar-refractivity contribution in [3.05, 3.63) is 37.7 Å². The molecule has 3 heterocycles. The molecule has 20 heavy (non-hydrogen) atoms. The Morgan fingerprint density at radius 3 is 3.05 bits per heavy atom. The molecule has 1 amide bonds. The molecule has 2 aromatic rings. The van der Waals surface area contributed by atoms with Crippen LogP contribution in [0.5, 0.6) is 0 Å². The van der Waals surface area contributed by atoms with Crippen molar-refractivity contribution in [3.63, 3.8) is 0 Å². The average molecular weight is 313 g/mol. The number of hydrogen-bond acceptors (Lipinski definition) is 4. The Morgan fingerprint density at radius 1 is 1.55 bits per heavy atom. The lowest BCUT2D eigenvalue weighted by atomic mass is 9.97. The Balaban J connectivity index is 1.77. The predicted molar refractivity (Wildman–Crippen MR) is 76.4 cm³/mol. The van der Waals surface area contributed by atoms with Gasteiger partial charge in [0.1, 0.15) is 10.7 Å². The molecule has 0 saturated carbocycles. The number of carbonyl (C=O) groups is 1. The molecule has 0 spiro atoms. The molecule has 1 atom stereocenters. The van der Waals surface area contributed by atoms with Crippen molar-refractivity contribution in [2.75, 3.05) is 13.1 Å². The molecule has 3 rings (SSSR count). The number of H-pyrrole nitrogens is 2. The third-order valence-corrected chi connectivity index (χ3v) is 4.76. The number of aromatic nitrogens is 3. The topological polar surface area (TPSA) is 81.8 Å². The number of halogens is 1. The zero-order valence-electron chi connectivity index (χ0n) is 10.6. The standard InChI is InChI=1S/C12H13ClN4O2S/c13-8-3-5-20-9(8)11(18)17-4-1-2-7(6-17)10-14-12(19)16-15-10/h3,5,7H,1-2,4,6H2,(H2,14,15,16,19). The largest absolute Gasteiger partial charge is 0.340 e. The fourth-order valence-electron chi connectivity index (χ4n) is 2.45. The van der Waals surface area contributed by atoms with Crippen LogP contribution in [0.25, 0.3) is 0 Å². The van der Waals surface area contributed by atoms with Gasteiger partial charge in [0.2, 0.25) is 0 Å². The average Bonchev–Trinajstić information content (AvgIpc) is 3.07. The first kappa shape index (κ1) is 13.4. The smallest absolute Gasteiger partial charge is 0.337 e. The summed E-state index contributed by atoms with van der Waals surface area (Å²) in [5.74, 6) is 0.628. The first-order valence-electron chi connectivity index (χ1n) is 6.32. The lowest BCUT2D eigenvalue weighted by Gasteiger charge is -2.31. The van der Waals surface area contributed by atoms with Crippen LogP contribution in [-0.2, 0) is 0 Å². The highest BCUT2D eigenvalue weighted by Crippen LogP contribution is 2.28. The van der Waals surface area contributed by atoms with E-state index < -0.39 is 0 Å². The van der Waals surface area contributed by atoms with Crippen LogP contribution in [0.4, 0.5) is 0 Å². The van der Waals surface area contributed by atoms with E-state index in [9.17, 15) is 9.59 Å². The fraction of sp³-hybridized carbons (Fsp3) is 0.417. The minimum atomic E-state index is -0.315. The second kappa shape index (κ2) is 5.41. The molecular formula is C12H13ClN4O2S. The Kier molecular flexibility index (Phi) is 3.62. The van der Waals surface area contributed by atoms with Crippen LogP contribution in [0.2, 0.25) is 5.02 Å². The number of amides is 1. The molecule has 0 aromatic carbocycles. The van der Waals surface area contributed by atoms with Crippen molar-refractivity contribution in [2.45, 2.75) is 18.8 Å². The molecule has 106 valence electrons. The van der Waals surface area contributed by atoms with E-state index in [1.807, 2.05) is 5.38 Å². The first-order chi connectivity index (χ1) is 9.65. The molecule has 1 aliphatic heterocycles. The Hall–Kier alpha value is -1.60. The highest BCUT2D eigenvalue weighted by Gasteiger charge is 2.28. The molecule has 0 bridgehead atoms. The fourth-order valence-corrected chi connectivity index (χ4v) is 3.55. The number of nitrogens with zero attached hydrogens (tertiary/aromatic N) is 2. The minimum Gasteiger partial charge on any atom is -0.337 e. The number of nitrogens with one attached hydrogen (secondary N) is 2. The van der Waals surface area contributed by atoms with Crippen molar-refractivity contribution >= 4 is 28.8 Å². The van der Waals surface area contributed by atoms with Crippen molar-refractivity contribution in [1.29, 1.82) is 0 Å². The van der Waals surface area contributed by atoms with Crippen LogP contribution >= 0.6 is 22.9 Å². The van der Waals surface area contributed by atoms with Crippen LogP contribution in [0.15, 0.2) is 16.2 Å². The van der Waals surface area contributed by atoms with Gasteiger partial charge in [-0.2, -0.15) is 5.10 Å². The van der Waals surface area contributed by atoms with Crippen molar-refractivity contribution < 1.29 is 4.79 Å². The van der Waals surface area contributed by atoms with Crippen LogP contribution in [0, 0.1) is 0 Å². The van der Waals surface area contributed by atoms with Crippen molar-refractivity contribution in [3.8, 4) is 0 Å². The maximum Gasteiger partial charge on any atom is 0.340 e. The van der Waals surface area contributed by atoms with Gasteiger partial charge in [-0.05, 0) is 24.3 Å². The Morgan fingerprint density at radius 2 is 2.40 bits per heavy atom. The second-order valence-electron chi connectivity index (χ2n) is 4.75. The number of likely N-dealkylation sites (tertiary alicyclic amines) is 1. The lowest BCUT2D eigenvalue weighted by Crippen LogP contribution is -2.39. The summed E-state index contributed by atoms with van der Waals surface area (Å²) in [5, 5.41) is 8.63. The molecule has 2 aromatic heterocycles. The molecule has 0 aliphatic carbocycles. The monoisotopic (exact) mass is 312 g/mol.